The summed E-state index contributed by atoms with van der Waals surface area (Å²) < 4.78 is 0. The number of carboxylic acid groups (broad SMARTS) is 1. The molecule has 4 aliphatic rings. The van der Waals surface area contributed by atoms with Gasteiger partial charge in [0.1, 0.15) is 11.5 Å². The summed E-state index contributed by atoms with van der Waals surface area (Å²) in [5, 5.41) is 23.5. The second-order valence-corrected chi connectivity index (χ2v) is 11.9. The topological polar surface area (TPSA) is 143 Å². The number of aliphatic carboxylic acids is 1. The molecule has 2 amide bonds. The fraction of sp³-hybridized carbons (Fsp3) is 0.720. The van der Waals surface area contributed by atoms with E-state index in [1.54, 1.807) is 7.05 Å². The summed E-state index contributed by atoms with van der Waals surface area (Å²) in [6.07, 6.45) is 3.92. The Bertz CT molecular complexity index is 977. The first-order chi connectivity index (χ1) is 17.2. The van der Waals surface area contributed by atoms with E-state index in [-0.39, 0.29) is 72.8 Å². The Morgan fingerprint density at radius 1 is 1.39 bits per heavy atom. The smallest absolute Gasteiger partial charge is 0.353 e. The number of Topliss-reactive ketones (excluding diaryl/α,β-unsaturated/α-hetero) is 1. The molecule has 0 aliphatic carbocycles. The van der Waals surface area contributed by atoms with E-state index in [0.717, 1.165) is 6.42 Å². The third-order valence-electron chi connectivity index (χ3n) is 8.06. The van der Waals surface area contributed by atoms with Crippen LogP contribution in [0.25, 0.3) is 0 Å². The normalized spacial score (nSPS) is 32.5. The van der Waals surface area contributed by atoms with Crippen molar-refractivity contribution in [1.82, 2.24) is 20.4 Å². The standard InChI is InChI=1S/C25H37N5O5S.H2/c1-13(8-16(31)10-27-3)19-20-14(2)22(21(25(34)35)30(20)24(19)33)36-17-9-18(28-11-17)23(32)29-7-5-15(12-29)4-6-26;/h6,13-15,17-20,26-28H,4-5,7-12H2,1-3H3,(H,34,35);1H/t13-,14+,15-,17-,18-,19+,20?;/m0./s1. The molecule has 10 nitrogen and oxygen atoms in total. The number of carboxylic acids is 1. The van der Waals surface area contributed by atoms with E-state index in [0.29, 0.717) is 43.3 Å². The predicted octanol–water partition coefficient (Wildman–Crippen LogP) is 1.17. The number of carbonyl (C=O) groups is 4. The van der Waals surface area contributed by atoms with E-state index in [1.165, 1.54) is 22.9 Å². The first-order valence-electron chi connectivity index (χ1n) is 12.8. The largest absolute Gasteiger partial charge is 0.477 e. The van der Waals surface area contributed by atoms with E-state index in [4.69, 9.17) is 5.41 Å². The van der Waals surface area contributed by atoms with Crippen molar-refractivity contribution in [2.45, 2.75) is 56.9 Å². The van der Waals surface area contributed by atoms with Gasteiger partial charge in [0.05, 0.1) is 24.5 Å². The zero-order valence-corrected chi connectivity index (χ0v) is 22.0. The van der Waals surface area contributed by atoms with Crippen molar-refractivity contribution >= 4 is 41.5 Å². The molecule has 0 saturated carbocycles. The fourth-order valence-electron chi connectivity index (χ4n) is 6.30. The number of fused-ring (bicyclic) bond motifs is 1. The highest BCUT2D eigenvalue weighted by molar-refractivity contribution is 8.03. The van der Waals surface area contributed by atoms with Crippen LogP contribution in [0, 0.1) is 29.1 Å². The zero-order valence-electron chi connectivity index (χ0n) is 21.2. The van der Waals surface area contributed by atoms with Crippen LogP contribution in [0.1, 0.15) is 41.0 Å². The molecule has 7 atom stereocenters. The molecular weight excluding hydrogens is 482 g/mol. The molecule has 0 aromatic carbocycles. The highest BCUT2D eigenvalue weighted by atomic mass is 32.2. The average Bonchev–Trinajstić information content (AvgIpc) is 3.53. The molecule has 4 N–H and O–H groups in total. The number of nitrogens with one attached hydrogen (secondary N) is 3. The van der Waals surface area contributed by atoms with Crippen LogP contribution in [0.5, 0.6) is 0 Å². The van der Waals surface area contributed by atoms with Crippen molar-refractivity contribution in [3.05, 3.63) is 10.6 Å². The van der Waals surface area contributed by atoms with Gasteiger partial charge in [-0.2, -0.15) is 0 Å². The molecule has 3 fully saturated rings. The van der Waals surface area contributed by atoms with Crippen molar-refractivity contribution < 1.29 is 25.7 Å². The molecule has 4 rings (SSSR count). The van der Waals surface area contributed by atoms with Crippen LogP contribution in [0.4, 0.5) is 0 Å². The van der Waals surface area contributed by atoms with Crippen LogP contribution in [0.2, 0.25) is 0 Å². The Hall–Kier alpha value is -2.24. The number of hydrogen-bond acceptors (Lipinski definition) is 8. The summed E-state index contributed by atoms with van der Waals surface area (Å²) >= 11 is 1.48. The summed E-state index contributed by atoms with van der Waals surface area (Å²) in [7, 11) is 1.71. The molecular formula is C25H39N5O5S. The number of hydrogen-bond donors (Lipinski definition) is 4. The number of likely N-dealkylation sites (N-methyl/N-ethyl adjacent to an activating group) is 1. The summed E-state index contributed by atoms with van der Waals surface area (Å²) in [6, 6.07) is -0.540. The second-order valence-electron chi connectivity index (χ2n) is 10.6. The molecule has 0 radical (unpaired) electrons. The highest BCUT2D eigenvalue weighted by Gasteiger charge is 2.60. The maximum Gasteiger partial charge on any atom is 0.353 e. The summed E-state index contributed by atoms with van der Waals surface area (Å²) in [4.78, 5) is 54.4. The zero-order chi connectivity index (χ0) is 26.1. The maximum atomic E-state index is 13.0. The Balaban J connectivity index is 0.00000380. The number of thioether (sulfide) groups is 1. The molecule has 36 heavy (non-hydrogen) atoms. The number of nitrogens with zero attached hydrogens (tertiary/aromatic N) is 2. The lowest BCUT2D eigenvalue weighted by Gasteiger charge is -2.47. The lowest BCUT2D eigenvalue weighted by atomic mass is 9.73. The Kier molecular flexibility index (Phi) is 8.21. The van der Waals surface area contributed by atoms with E-state index in [2.05, 4.69) is 10.6 Å². The number of likely N-dealkylation sites (tertiary alicyclic amines) is 1. The van der Waals surface area contributed by atoms with Crippen molar-refractivity contribution in [3.63, 3.8) is 0 Å². The Morgan fingerprint density at radius 3 is 2.81 bits per heavy atom. The molecule has 200 valence electrons. The van der Waals surface area contributed by atoms with E-state index >= 15 is 0 Å². The van der Waals surface area contributed by atoms with Crippen LogP contribution in [0.15, 0.2) is 10.6 Å². The molecule has 0 spiro atoms. The van der Waals surface area contributed by atoms with Crippen LogP contribution < -0.4 is 10.6 Å². The van der Waals surface area contributed by atoms with Crippen molar-refractivity contribution in [3.8, 4) is 0 Å². The fourth-order valence-corrected chi connectivity index (χ4v) is 7.77. The average molecular weight is 522 g/mol. The molecule has 0 aromatic heterocycles. The van der Waals surface area contributed by atoms with Gasteiger partial charge < -0.3 is 30.9 Å². The van der Waals surface area contributed by atoms with E-state index in [1.807, 2.05) is 18.7 Å². The molecule has 4 aliphatic heterocycles. The molecule has 0 bridgehead atoms. The summed E-state index contributed by atoms with van der Waals surface area (Å²) in [5.41, 5.74) is 0.0660. The van der Waals surface area contributed by atoms with Crippen LogP contribution in [0.3, 0.4) is 0 Å². The first kappa shape index (κ1) is 26.8. The molecule has 1 unspecified atom stereocenters. The minimum atomic E-state index is -1.11. The van der Waals surface area contributed by atoms with Crippen molar-refractivity contribution in [2.75, 3.05) is 33.2 Å². The third-order valence-corrected chi connectivity index (χ3v) is 9.57. The Labute approximate surface area is 217 Å². The van der Waals surface area contributed by atoms with Gasteiger partial charge in [-0.05, 0) is 44.4 Å². The van der Waals surface area contributed by atoms with Gasteiger partial charge in [0.2, 0.25) is 11.8 Å². The first-order valence-corrected chi connectivity index (χ1v) is 13.7. The van der Waals surface area contributed by atoms with Gasteiger partial charge in [-0.15, -0.1) is 11.8 Å². The van der Waals surface area contributed by atoms with Gasteiger partial charge in [-0.1, -0.05) is 13.8 Å². The lowest BCUT2D eigenvalue weighted by Crippen LogP contribution is -2.62. The minimum Gasteiger partial charge on any atom is -0.477 e. The highest BCUT2D eigenvalue weighted by Crippen LogP contribution is 2.53. The number of amides is 2. The van der Waals surface area contributed by atoms with Gasteiger partial charge in [0, 0.05) is 43.6 Å². The van der Waals surface area contributed by atoms with Crippen molar-refractivity contribution in [2.24, 2.45) is 23.7 Å². The molecule has 0 aromatic rings. The number of rotatable bonds is 11. The molecule has 4 heterocycles. The predicted molar refractivity (Wildman–Crippen MR) is 139 cm³/mol. The number of carbonyl (C=O) groups excluding carboxylic acids is 3. The van der Waals surface area contributed by atoms with Crippen LogP contribution in [-0.4, -0.2) is 95.2 Å². The second kappa shape index (κ2) is 11.0. The van der Waals surface area contributed by atoms with E-state index < -0.39 is 5.97 Å². The monoisotopic (exact) mass is 521 g/mol. The number of ketones is 1. The van der Waals surface area contributed by atoms with Gasteiger partial charge >= 0.3 is 5.97 Å². The van der Waals surface area contributed by atoms with Crippen molar-refractivity contribution in [1.29, 1.82) is 5.41 Å². The maximum absolute atomic E-state index is 13.0. The molecule has 11 heteroatoms. The summed E-state index contributed by atoms with van der Waals surface area (Å²) in [6.45, 7) is 6.12. The number of β-lactam (4-membered cyclic amide) rings is 1. The Morgan fingerprint density at radius 2 is 2.14 bits per heavy atom. The third kappa shape index (κ3) is 4.97. The summed E-state index contributed by atoms with van der Waals surface area (Å²) in [5.74, 6) is -1.51. The van der Waals surface area contributed by atoms with E-state index in [9.17, 15) is 24.3 Å². The molecule has 3 saturated heterocycles. The van der Waals surface area contributed by atoms with Gasteiger partial charge in [-0.25, -0.2) is 4.79 Å². The quantitative estimate of drug-likeness (QED) is 0.234. The van der Waals surface area contributed by atoms with Crippen LogP contribution >= 0.6 is 11.8 Å². The lowest BCUT2D eigenvalue weighted by molar-refractivity contribution is -0.160. The minimum absolute atomic E-state index is 0. The van der Waals surface area contributed by atoms with Crippen LogP contribution in [-0.2, 0) is 19.2 Å². The van der Waals surface area contributed by atoms with Gasteiger partial charge in [-0.3, -0.25) is 14.4 Å². The SMILES string of the molecule is CNCC(=O)C[C@H](C)[C@H]1C(=O)N2C(C(=O)O)=C(S[C@@H]3CN[C@H](C(=O)N4CC[C@H](CC=N)C4)C3)[C@H](C)C12.[HH]. The van der Waals surface area contributed by atoms with Gasteiger partial charge in [0.25, 0.3) is 0 Å². The van der Waals surface area contributed by atoms with Gasteiger partial charge in [0.15, 0.2) is 0 Å².